The lowest BCUT2D eigenvalue weighted by Gasteiger charge is -2.33. The molecule has 0 aromatic carbocycles. The van der Waals surface area contributed by atoms with Crippen molar-refractivity contribution in [3.8, 4) is 0 Å². The highest BCUT2D eigenvalue weighted by molar-refractivity contribution is 6.24. The summed E-state index contributed by atoms with van der Waals surface area (Å²) in [6.07, 6.45) is -0.562. The number of ether oxygens (including phenoxy) is 1. The Morgan fingerprint density at radius 2 is 2.25 bits per heavy atom. The minimum Gasteiger partial charge on any atom is -0.481 e. The largest absolute Gasteiger partial charge is 0.481 e. The van der Waals surface area contributed by atoms with Gasteiger partial charge in [0.15, 0.2) is 0 Å². The number of aliphatic imine (C=N–C) groups is 1. The standard InChI is InChI=1S/C8H11N3O5/c1-9-8(16-2)4(3-5(12)13)10-7(15)11-6(8)14/h9H,3H2,1-2H3,(H,12,13)(H,11,14,15). The summed E-state index contributed by atoms with van der Waals surface area (Å²) in [4.78, 5) is 36.6. The maximum absolute atomic E-state index is 11.6. The number of nitrogens with one attached hydrogen (secondary N) is 2. The van der Waals surface area contributed by atoms with Crippen LogP contribution in [0.2, 0.25) is 0 Å². The number of rotatable bonds is 4. The second kappa shape index (κ2) is 4.37. The predicted molar refractivity (Wildman–Crippen MR) is 52.0 cm³/mol. The molecule has 0 aliphatic carbocycles. The maximum atomic E-state index is 11.6. The van der Waals surface area contributed by atoms with Gasteiger partial charge < -0.3 is 9.84 Å². The van der Waals surface area contributed by atoms with Crippen LogP contribution in [0.25, 0.3) is 0 Å². The van der Waals surface area contributed by atoms with Crippen molar-refractivity contribution in [3.05, 3.63) is 0 Å². The molecule has 16 heavy (non-hydrogen) atoms. The number of methoxy groups -OCH3 is 1. The molecule has 8 heteroatoms. The molecule has 0 aromatic rings. The smallest absolute Gasteiger partial charge is 0.347 e. The molecule has 8 nitrogen and oxygen atoms in total. The number of likely N-dealkylation sites (N-methyl/N-ethyl adjacent to an activating group) is 1. The first-order valence-electron chi connectivity index (χ1n) is 4.35. The van der Waals surface area contributed by atoms with E-state index in [9.17, 15) is 14.4 Å². The Bertz CT molecular complexity index is 372. The highest BCUT2D eigenvalue weighted by Crippen LogP contribution is 2.16. The zero-order valence-corrected chi connectivity index (χ0v) is 8.73. The van der Waals surface area contributed by atoms with E-state index in [1.165, 1.54) is 14.2 Å². The minimum absolute atomic E-state index is 0.182. The Morgan fingerprint density at radius 3 is 2.69 bits per heavy atom. The normalized spacial score (nSPS) is 25.0. The van der Waals surface area contributed by atoms with Crippen molar-refractivity contribution >= 4 is 23.6 Å². The predicted octanol–water partition coefficient (Wildman–Crippen LogP) is -1.29. The number of nitrogens with zero attached hydrogens (tertiary/aromatic N) is 1. The quantitative estimate of drug-likeness (QED) is 0.516. The van der Waals surface area contributed by atoms with Gasteiger partial charge >= 0.3 is 12.0 Å². The second-order valence-corrected chi connectivity index (χ2v) is 3.02. The SMILES string of the molecule is CNC1(OC)C(=O)NC(=O)N=C1CC(=O)O. The van der Waals surface area contributed by atoms with Crippen LogP contribution in [0.15, 0.2) is 4.99 Å². The summed E-state index contributed by atoms with van der Waals surface area (Å²) in [6.45, 7) is 0. The second-order valence-electron chi connectivity index (χ2n) is 3.02. The number of aliphatic carboxylic acids is 1. The Hall–Kier alpha value is -1.80. The summed E-state index contributed by atoms with van der Waals surface area (Å²) in [5.41, 5.74) is -1.88. The van der Waals surface area contributed by atoms with Crippen LogP contribution in [0.5, 0.6) is 0 Å². The average Bonchev–Trinajstić information content (AvgIpc) is 2.17. The summed E-state index contributed by atoms with van der Waals surface area (Å²) in [5.74, 6) is -1.99. The molecule has 1 aliphatic heterocycles. The highest BCUT2D eigenvalue weighted by atomic mass is 16.5. The Balaban J connectivity index is 3.19. The van der Waals surface area contributed by atoms with Crippen molar-refractivity contribution in [2.75, 3.05) is 14.2 Å². The van der Waals surface area contributed by atoms with Crippen LogP contribution in [0, 0.1) is 0 Å². The van der Waals surface area contributed by atoms with Crippen LogP contribution in [0.4, 0.5) is 4.79 Å². The third-order valence-corrected chi connectivity index (χ3v) is 2.16. The molecule has 1 rings (SSSR count). The van der Waals surface area contributed by atoms with Gasteiger partial charge in [-0.05, 0) is 7.05 Å². The van der Waals surface area contributed by atoms with E-state index in [-0.39, 0.29) is 5.71 Å². The summed E-state index contributed by atoms with van der Waals surface area (Å²) in [7, 11) is 2.61. The van der Waals surface area contributed by atoms with Crippen molar-refractivity contribution in [1.82, 2.24) is 10.6 Å². The van der Waals surface area contributed by atoms with Gasteiger partial charge in [0.2, 0.25) is 5.72 Å². The molecule has 0 fully saturated rings. The van der Waals surface area contributed by atoms with E-state index in [2.05, 4.69) is 10.3 Å². The van der Waals surface area contributed by atoms with Gasteiger partial charge in [0.25, 0.3) is 5.91 Å². The van der Waals surface area contributed by atoms with E-state index in [0.717, 1.165) is 0 Å². The van der Waals surface area contributed by atoms with E-state index >= 15 is 0 Å². The maximum Gasteiger partial charge on any atom is 0.347 e. The molecule has 0 spiro atoms. The lowest BCUT2D eigenvalue weighted by atomic mass is 10.0. The summed E-state index contributed by atoms with van der Waals surface area (Å²) < 4.78 is 4.93. The molecule has 3 N–H and O–H groups in total. The number of carboxylic acids is 1. The van der Waals surface area contributed by atoms with Gasteiger partial charge in [0.05, 0.1) is 12.1 Å². The fourth-order valence-electron chi connectivity index (χ4n) is 1.42. The topological polar surface area (TPSA) is 117 Å². The minimum atomic E-state index is -1.70. The zero-order chi connectivity index (χ0) is 12.3. The van der Waals surface area contributed by atoms with Crippen LogP contribution < -0.4 is 10.6 Å². The van der Waals surface area contributed by atoms with Gasteiger partial charge in [0, 0.05) is 7.11 Å². The van der Waals surface area contributed by atoms with Crippen molar-refractivity contribution in [2.24, 2.45) is 4.99 Å². The lowest BCUT2D eigenvalue weighted by molar-refractivity contribution is -0.138. The average molecular weight is 229 g/mol. The van der Waals surface area contributed by atoms with Gasteiger partial charge in [-0.1, -0.05) is 0 Å². The van der Waals surface area contributed by atoms with Gasteiger partial charge in [-0.2, -0.15) is 4.99 Å². The molecule has 0 bridgehead atoms. The van der Waals surface area contributed by atoms with Crippen molar-refractivity contribution in [3.63, 3.8) is 0 Å². The number of carbonyl (C=O) groups is 3. The van der Waals surface area contributed by atoms with Crippen molar-refractivity contribution in [2.45, 2.75) is 12.1 Å². The van der Waals surface area contributed by atoms with E-state index in [0.29, 0.717) is 0 Å². The summed E-state index contributed by atoms with van der Waals surface area (Å²) in [5, 5.41) is 13.1. The van der Waals surface area contributed by atoms with E-state index < -0.39 is 30.1 Å². The highest BCUT2D eigenvalue weighted by Gasteiger charge is 2.47. The molecule has 0 radical (unpaired) electrons. The first-order valence-corrected chi connectivity index (χ1v) is 4.35. The molecule has 88 valence electrons. The fraction of sp³-hybridized carbons (Fsp3) is 0.500. The van der Waals surface area contributed by atoms with Crippen LogP contribution >= 0.6 is 0 Å². The molecule has 0 saturated heterocycles. The van der Waals surface area contributed by atoms with E-state index in [4.69, 9.17) is 9.84 Å². The van der Waals surface area contributed by atoms with Crippen LogP contribution in [0.1, 0.15) is 6.42 Å². The molecular weight excluding hydrogens is 218 g/mol. The number of hydrogen-bond donors (Lipinski definition) is 3. The molecule has 0 aromatic heterocycles. The third-order valence-electron chi connectivity index (χ3n) is 2.16. The lowest BCUT2D eigenvalue weighted by Crippen LogP contribution is -2.66. The molecule has 1 heterocycles. The number of carbonyl (C=O) groups excluding carboxylic acids is 2. The van der Waals surface area contributed by atoms with E-state index in [1.807, 2.05) is 5.32 Å². The monoisotopic (exact) mass is 229 g/mol. The van der Waals surface area contributed by atoms with Gasteiger partial charge in [-0.25, -0.2) is 4.79 Å². The van der Waals surface area contributed by atoms with Crippen molar-refractivity contribution in [1.29, 1.82) is 0 Å². The summed E-state index contributed by atoms with van der Waals surface area (Å²) in [6, 6.07) is -0.899. The van der Waals surface area contributed by atoms with Crippen molar-refractivity contribution < 1.29 is 24.2 Å². The molecule has 3 amide bonds. The Morgan fingerprint density at radius 1 is 1.62 bits per heavy atom. The van der Waals surface area contributed by atoms with Crippen LogP contribution in [0.3, 0.4) is 0 Å². The molecular formula is C8H11N3O5. The number of carboxylic acid groups (broad SMARTS) is 1. The Labute approximate surface area is 90.7 Å². The zero-order valence-electron chi connectivity index (χ0n) is 8.73. The van der Waals surface area contributed by atoms with Gasteiger partial charge in [0.1, 0.15) is 0 Å². The van der Waals surface area contributed by atoms with Crippen LogP contribution in [-0.2, 0) is 14.3 Å². The van der Waals surface area contributed by atoms with Gasteiger partial charge in [-0.15, -0.1) is 0 Å². The molecule has 1 aliphatic rings. The van der Waals surface area contributed by atoms with Crippen LogP contribution in [-0.4, -0.2) is 48.6 Å². The molecule has 1 unspecified atom stereocenters. The first-order chi connectivity index (χ1) is 7.46. The number of hydrogen-bond acceptors (Lipinski definition) is 5. The number of imide groups is 1. The van der Waals surface area contributed by atoms with Gasteiger partial charge in [-0.3, -0.25) is 20.2 Å². The number of amides is 3. The fourth-order valence-corrected chi connectivity index (χ4v) is 1.42. The molecule has 1 atom stereocenters. The van der Waals surface area contributed by atoms with E-state index in [1.54, 1.807) is 0 Å². The first kappa shape index (κ1) is 12.3. The summed E-state index contributed by atoms with van der Waals surface area (Å²) >= 11 is 0. The third kappa shape index (κ3) is 1.92. The molecule has 0 saturated carbocycles. The Kier molecular flexibility index (Phi) is 3.35. The number of urea groups is 1.